The predicted octanol–water partition coefficient (Wildman–Crippen LogP) is 0.405. The van der Waals surface area contributed by atoms with Gasteiger partial charge in [-0.2, -0.15) is 0 Å². The molecule has 0 radical (unpaired) electrons. The van der Waals surface area contributed by atoms with Crippen LogP contribution in [0.4, 0.5) is 0 Å². The fraction of sp³-hybridized carbons (Fsp3) is 0.714. The minimum absolute atomic E-state index is 0.0156. The molecule has 0 aromatic carbocycles. The quantitative estimate of drug-likeness (QED) is 0.471. The number of hydrogen-bond acceptors (Lipinski definition) is 4. The van der Waals surface area contributed by atoms with Crippen LogP contribution in [0.1, 0.15) is 38.5 Å². The highest BCUT2D eigenvalue weighted by Gasteiger charge is 2.66. The van der Waals surface area contributed by atoms with Gasteiger partial charge in [-0.05, 0) is 25.7 Å². The Morgan fingerprint density at radius 1 is 0.500 bits per heavy atom. The van der Waals surface area contributed by atoms with Crippen LogP contribution < -0.4 is 0 Å². The molecule has 0 aliphatic heterocycles. The van der Waals surface area contributed by atoms with Crippen LogP contribution >= 0.6 is 0 Å². The molecule has 0 heterocycles. The van der Waals surface area contributed by atoms with Gasteiger partial charge in [0.15, 0.2) is 0 Å². The van der Waals surface area contributed by atoms with Crippen molar-refractivity contribution in [2.24, 2.45) is 0 Å². The lowest BCUT2D eigenvalue weighted by Gasteiger charge is -2.60. The summed E-state index contributed by atoms with van der Waals surface area (Å²) in [5.74, 6) is 0. The summed E-state index contributed by atoms with van der Waals surface area (Å²) < 4.78 is 0. The third-order valence-electron chi connectivity index (χ3n) is 5.06. The Labute approximate surface area is 106 Å². The monoisotopic (exact) mass is 252 g/mol. The third-order valence-corrected chi connectivity index (χ3v) is 5.06. The van der Waals surface area contributed by atoms with E-state index in [1.165, 1.54) is 0 Å². The maximum absolute atomic E-state index is 10.7. The molecule has 0 amide bonds. The Balaban J connectivity index is 2.05. The van der Waals surface area contributed by atoms with Gasteiger partial charge in [0.2, 0.25) is 0 Å². The molecule has 0 saturated heterocycles. The van der Waals surface area contributed by atoms with Crippen molar-refractivity contribution in [3.8, 4) is 0 Å². The van der Waals surface area contributed by atoms with Crippen LogP contribution in [0.25, 0.3) is 0 Å². The van der Waals surface area contributed by atoms with Gasteiger partial charge in [-0.3, -0.25) is 0 Å². The van der Waals surface area contributed by atoms with Crippen molar-refractivity contribution in [3.63, 3.8) is 0 Å². The van der Waals surface area contributed by atoms with Gasteiger partial charge in [0.05, 0.1) is 22.4 Å². The van der Waals surface area contributed by atoms with Gasteiger partial charge in [0.1, 0.15) is 0 Å². The molecule has 0 aromatic rings. The molecule has 4 atom stereocenters. The van der Waals surface area contributed by atoms with E-state index in [9.17, 15) is 20.4 Å². The molecular formula is C14H20O4. The zero-order chi connectivity index (χ0) is 13.1. The van der Waals surface area contributed by atoms with Crippen LogP contribution in [0.2, 0.25) is 0 Å². The SMILES string of the molecule is O[C@@]12CC=CC[C@@]1(O)C[C@@]1(O)CC=CC[C@]1(O)C2. The average molecular weight is 252 g/mol. The van der Waals surface area contributed by atoms with Gasteiger partial charge < -0.3 is 20.4 Å². The third kappa shape index (κ3) is 1.40. The first kappa shape index (κ1) is 12.4. The van der Waals surface area contributed by atoms with Crippen LogP contribution in [0.5, 0.6) is 0 Å². The fourth-order valence-corrected chi connectivity index (χ4v) is 3.79. The molecule has 0 unspecified atom stereocenters. The highest BCUT2D eigenvalue weighted by molar-refractivity contribution is 5.26. The summed E-state index contributed by atoms with van der Waals surface area (Å²) in [5.41, 5.74) is -5.36. The zero-order valence-electron chi connectivity index (χ0n) is 10.3. The van der Waals surface area contributed by atoms with Crippen LogP contribution in [-0.4, -0.2) is 42.8 Å². The van der Waals surface area contributed by atoms with Crippen LogP contribution in [0.15, 0.2) is 24.3 Å². The molecule has 3 rings (SSSR count). The molecule has 0 aromatic heterocycles. The van der Waals surface area contributed by atoms with E-state index < -0.39 is 22.4 Å². The largest absolute Gasteiger partial charge is 0.386 e. The molecule has 4 heteroatoms. The van der Waals surface area contributed by atoms with E-state index in [-0.39, 0.29) is 12.8 Å². The van der Waals surface area contributed by atoms with E-state index in [0.29, 0.717) is 25.7 Å². The minimum Gasteiger partial charge on any atom is -0.386 e. The summed E-state index contributed by atoms with van der Waals surface area (Å²) in [6.07, 6.45) is 8.67. The van der Waals surface area contributed by atoms with Gasteiger partial charge in [-0.25, -0.2) is 0 Å². The van der Waals surface area contributed by atoms with Crippen molar-refractivity contribution < 1.29 is 20.4 Å². The lowest BCUT2D eigenvalue weighted by Crippen LogP contribution is -2.73. The summed E-state index contributed by atoms with van der Waals surface area (Å²) in [6, 6.07) is 0. The number of aliphatic hydroxyl groups is 4. The Kier molecular flexibility index (Phi) is 2.37. The van der Waals surface area contributed by atoms with E-state index in [2.05, 4.69) is 0 Å². The van der Waals surface area contributed by atoms with Gasteiger partial charge >= 0.3 is 0 Å². The second-order valence-corrected chi connectivity index (χ2v) is 6.24. The fourth-order valence-electron chi connectivity index (χ4n) is 3.79. The van der Waals surface area contributed by atoms with E-state index in [0.717, 1.165) is 0 Å². The number of rotatable bonds is 0. The Hall–Kier alpha value is -0.680. The van der Waals surface area contributed by atoms with Crippen molar-refractivity contribution in [1.82, 2.24) is 0 Å². The van der Waals surface area contributed by atoms with Crippen LogP contribution in [0.3, 0.4) is 0 Å². The number of fused-ring (bicyclic) bond motifs is 2. The highest BCUT2D eigenvalue weighted by atomic mass is 16.4. The minimum atomic E-state index is -1.34. The van der Waals surface area contributed by atoms with Crippen molar-refractivity contribution in [3.05, 3.63) is 24.3 Å². The molecule has 3 aliphatic carbocycles. The first-order valence-electron chi connectivity index (χ1n) is 6.52. The second-order valence-electron chi connectivity index (χ2n) is 6.24. The van der Waals surface area contributed by atoms with Crippen molar-refractivity contribution in [2.75, 3.05) is 0 Å². The molecule has 0 bridgehead atoms. The van der Waals surface area contributed by atoms with Crippen LogP contribution in [-0.2, 0) is 0 Å². The predicted molar refractivity (Wildman–Crippen MR) is 65.8 cm³/mol. The Morgan fingerprint density at radius 2 is 0.722 bits per heavy atom. The van der Waals surface area contributed by atoms with Crippen molar-refractivity contribution in [1.29, 1.82) is 0 Å². The van der Waals surface area contributed by atoms with Crippen LogP contribution in [0, 0.1) is 0 Å². The number of hydrogen-bond donors (Lipinski definition) is 4. The average Bonchev–Trinajstić information content (AvgIpc) is 2.27. The lowest BCUT2D eigenvalue weighted by atomic mass is 9.53. The molecule has 4 N–H and O–H groups in total. The first-order valence-corrected chi connectivity index (χ1v) is 6.52. The van der Waals surface area contributed by atoms with Crippen molar-refractivity contribution >= 4 is 0 Å². The van der Waals surface area contributed by atoms with Gasteiger partial charge in [0, 0.05) is 12.8 Å². The van der Waals surface area contributed by atoms with Gasteiger partial charge in [0.25, 0.3) is 0 Å². The Morgan fingerprint density at radius 3 is 0.944 bits per heavy atom. The van der Waals surface area contributed by atoms with E-state index in [4.69, 9.17) is 0 Å². The Bertz CT molecular complexity index is 356. The van der Waals surface area contributed by atoms with E-state index in [1.54, 1.807) is 0 Å². The molecule has 1 saturated carbocycles. The molecule has 1 fully saturated rings. The lowest BCUT2D eigenvalue weighted by molar-refractivity contribution is -0.288. The smallest absolute Gasteiger partial charge is 0.1000 e. The summed E-state index contributed by atoms with van der Waals surface area (Å²) in [5, 5.41) is 42.7. The maximum Gasteiger partial charge on any atom is 0.1000 e. The first-order chi connectivity index (χ1) is 8.33. The molecule has 0 spiro atoms. The summed E-state index contributed by atoms with van der Waals surface area (Å²) in [6.45, 7) is 0. The molecule has 4 nitrogen and oxygen atoms in total. The molecule has 3 aliphatic rings. The summed E-state index contributed by atoms with van der Waals surface area (Å²) >= 11 is 0. The van der Waals surface area contributed by atoms with E-state index in [1.807, 2.05) is 24.3 Å². The normalized spacial score (nSPS) is 54.9. The molecule has 100 valence electrons. The van der Waals surface area contributed by atoms with Crippen molar-refractivity contribution in [2.45, 2.75) is 60.9 Å². The van der Waals surface area contributed by atoms with E-state index >= 15 is 0 Å². The topological polar surface area (TPSA) is 80.9 Å². The standard InChI is InChI=1S/C14H20O4/c15-11-5-1-2-6-12(11,16)10-14(18)8-4-3-7-13(14,17)9-11/h1-4,15-18H,5-10H2/t11-,12-,13+,14+. The maximum atomic E-state index is 10.7. The summed E-state index contributed by atoms with van der Waals surface area (Å²) in [7, 11) is 0. The summed E-state index contributed by atoms with van der Waals surface area (Å²) in [4.78, 5) is 0. The zero-order valence-corrected chi connectivity index (χ0v) is 10.3. The second kappa shape index (κ2) is 3.45. The van der Waals surface area contributed by atoms with Gasteiger partial charge in [-0.15, -0.1) is 0 Å². The molecule has 18 heavy (non-hydrogen) atoms. The highest BCUT2D eigenvalue weighted by Crippen LogP contribution is 2.55. The molecular weight excluding hydrogens is 232 g/mol. The van der Waals surface area contributed by atoms with Gasteiger partial charge in [-0.1, -0.05) is 24.3 Å².